The van der Waals surface area contributed by atoms with E-state index < -0.39 is 0 Å². The number of amides is 1. The average Bonchev–Trinajstić information content (AvgIpc) is 2.76. The van der Waals surface area contributed by atoms with Crippen LogP contribution in [0.2, 0.25) is 0 Å². The minimum atomic E-state index is -0.260. The number of nitrogens with two attached hydrogens (primary N) is 1. The topological polar surface area (TPSA) is 73.6 Å². The Bertz CT molecular complexity index is 488. The summed E-state index contributed by atoms with van der Waals surface area (Å²) in [4.78, 5) is 10.6. The Labute approximate surface area is 119 Å². The molecule has 1 atom stereocenters. The molecule has 0 saturated carbocycles. The summed E-state index contributed by atoms with van der Waals surface area (Å²) in [5, 5.41) is 3.29. The first-order chi connectivity index (χ1) is 9.60. The van der Waals surface area contributed by atoms with E-state index >= 15 is 0 Å². The van der Waals surface area contributed by atoms with E-state index in [9.17, 15) is 4.79 Å². The van der Waals surface area contributed by atoms with Gasteiger partial charge in [0.15, 0.2) is 0 Å². The summed E-state index contributed by atoms with van der Waals surface area (Å²) in [6.07, 6.45) is 2.32. The van der Waals surface area contributed by atoms with Crippen LogP contribution in [0.5, 0.6) is 11.5 Å². The first-order valence-electron chi connectivity index (χ1n) is 6.95. The van der Waals surface area contributed by atoms with Crippen LogP contribution in [0.25, 0.3) is 0 Å². The van der Waals surface area contributed by atoms with Gasteiger partial charge in [-0.1, -0.05) is 0 Å². The maximum Gasteiger partial charge on any atom is 0.217 e. The molecule has 1 aromatic rings. The second-order valence-electron chi connectivity index (χ2n) is 5.15. The monoisotopic (exact) mass is 278 g/mol. The third kappa shape index (κ3) is 3.63. The van der Waals surface area contributed by atoms with Crippen molar-refractivity contribution in [3.63, 3.8) is 0 Å². The molecule has 0 aromatic heterocycles. The Morgan fingerprint density at radius 3 is 3.05 bits per heavy atom. The Hall–Kier alpha value is -1.75. The maximum absolute atomic E-state index is 10.6. The quantitative estimate of drug-likeness (QED) is 0.739. The van der Waals surface area contributed by atoms with Crippen LogP contribution >= 0.6 is 0 Å². The van der Waals surface area contributed by atoms with Crippen molar-refractivity contribution in [2.45, 2.75) is 38.8 Å². The molecule has 2 rings (SSSR count). The van der Waals surface area contributed by atoms with Crippen molar-refractivity contribution in [3.05, 3.63) is 23.3 Å². The van der Waals surface area contributed by atoms with Crippen molar-refractivity contribution >= 4 is 5.91 Å². The van der Waals surface area contributed by atoms with E-state index in [1.165, 1.54) is 5.56 Å². The summed E-state index contributed by atoms with van der Waals surface area (Å²) in [5.41, 5.74) is 7.37. The molecule has 0 fully saturated rings. The number of primary amides is 1. The largest absolute Gasteiger partial charge is 0.496 e. The van der Waals surface area contributed by atoms with Crippen LogP contribution < -0.4 is 20.5 Å². The third-order valence-electron chi connectivity index (χ3n) is 3.39. The van der Waals surface area contributed by atoms with Crippen LogP contribution in [0.4, 0.5) is 0 Å². The third-order valence-corrected chi connectivity index (χ3v) is 3.39. The smallest absolute Gasteiger partial charge is 0.217 e. The molecule has 5 nitrogen and oxygen atoms in total. The van der Waals surface area contributed by atoms with Gasteiger partial charge >= 0.3 is 0 Å². The lowest BCUT2D eigenvalue weighted by Crippen LogP contribution is -2.18. The predicted molar refractivity (Wildman–Crippen MR) is 76.9 cm³/mol. The van der Waals surface area contributed by atoms with Crippen LogP contribution in [0.15, 0.2) is 12.1 Å². The lowest BCUT2D eigenvalue weighted by atomic mass is 10.1. The van der Waals surface area contributed by atoms with Gasteiger partial charge in [0.2, 0.25) is 5.91 Å². The molecule has 0 radical (unpaired) electrons. The van der Waals surface area contributed by atoms with Crippen molar-refractivity contribution < 1.29 is 14.3 Å². The number of methoxy groups -OCH3 is 1. The average molecular weight is 278 g/mol. The molecule has 110 valence electrons. The molecular formula is C15H22N2O3. The van der Waals surface area contributed by atoms with Gasteiger partial charge in [-0.15, -0.1) is 0 Å². The zero-order valence-electron chi connectivity index (χ0n) is 12.1. The van der Waals surface area contributed by atoms with Gasteiger partial charge < -0.3 is 20.5 Å². The van der Waals surface area contributed by atoms with E-state index in [2.05, 4.69) is 18.3 Å². The highest BCUT2D eigenvalue weighted by Gasteiger charge is 2.21. The molecular weight excluding hydrogens is 256 g/mol. The SMILES string of the molecule is COc1cc2c(cc1CNCCCC(N)=O)OC(C)C2. The summed E-state index contributed by atoms with van der Waals surface area (Å²) in [6, 6.07) is 4.10. The molecule has 0 saturated heterocycles. The Morgan fingerprint density at radius 2 is 2.35 bits per heavy atom. The molecule has 1 aliphatic heterocycles. The highest BCUT2D eigenvalue weighted by atomic mass is 16.5. The fourth-order valence-corrected chi connectivity index (χ4v) is 2.42. The number of benzene rings is 1. The number of hydrogen-bond acceptors (Lipinski definition) is 4. The molecule has 1 aliphatic rings. The van der Waals surface area contributed by atoms with Crippen molar-refractivity contribution in [2.24, 2.45) is 5.73 Å². The number of fused-ring (bicyclic) bond motifs is 1. The fourth-order valence-electron chi connectivity index (χ4n) is 2.42. The minimum absolute atomic E-state index is 0.230. The molecule has 20 heavy (non-hydrogen) atoms. The van der Waals surface area contributed by atoms with E-state index in [1.807, 2.05) is 6.07 Å². The van der Waals surface area contributed by atoms with Crippen molar-refractivity contribution in [1.82, 2.24) is 5.32 Å². The second-order valence-corrected chi connectivity index (χ2v) is 5.15. The fraction of sp³-hybridized carbons (Fsp3) is 0.533. The molecule has 3 N–H and O–H groups in total. The Balaban J connectivity index is 1.94. The Kier molecular flexibility index (Phi) is 4.84. The summed E-state index contributed by atoms with van der Waals surface area (Å²) in [6.45, 7) is 3.50. The number of hydrogen-bond donors (Lipinski definition) is 2. The van der Waals surface area contributed by atoms with E-state index in [-0.39, 0.29) is 12.0 Å². The zero-order valence-corrected chi connectivity index (χ0v) is 12.1. The standard InChI is InChI=1S/C15H22N2O3/c1-10-6-11-7-13(19-2)12(8-14(11)20-10)9-17-5-3-4-15(16)18/h7-8,10,17H,3-6,9H2,1-2H3,(H2,16,18). The Morgan fingerprint density at radius 1 is 1.55 bits per heavy atom. The molecule has 1 unspecified atom stereocenters. The van der Waals surface area contributed by atoms with E-state index in [4.69, 9.17) is 15.2 Å². The molecule has 0 aliphatic carbocycles. The van der Waals surface area contributed by atoms with Crippen molar-refractivity contribution in [1.29, 1.82) is 0 Å². The highest BCUT2D eigenvalue weighted by molar-refractivity contribution is 5.73. The molecule has 0 spiro atoms. The van der Waals surface area contributed by atoms with Crippen LogP contribution in [0.3, 0.4) is 0 Å². The van der Waals surface area contributed by atoms with Gasteiger partial charge in [0.05, 0.1) is 7.11 Å². The van der Waals surface area contributed by atoms with Gasteiger partial charge in [-0.2, -0.15) is 0 Å². The molecule has 1 amide bonds. The lowest BCUT2D eigenvalue weighted by Gasteiger charge is -2.12. The maximum atomic E-state index is 10.6. The van der Waals surface area contributed by atoms with Crippen molar-refractivity contribution in [2.75, 3.05) is 13.7 Å². The van der Waals surface area contributed by atoms with Crippen LogP contribution in [-0.4, -0.2) is 25.7 Å². The van der Waals surface area contributed by atoms with Crippen LogP contribution in [0.1, 0.15) is 30.9 Å². The van der Waals surface area contributed by atoms with Crippen LogP contribution in [-0.2, 0) is 17.8 Å². The molecule has 5 heteroatoms. The van der Waals surface area contributed by atoms with Gasteiger partial charge in [-0.25, -0.2) is 0 Å². The molecule has 0 bridgehead atoms. The van der Waals surface area contributed by atoms with E-state index in [1.54, 1.807) is 7.11 Å². The van der Waals surface area contributed by atoms with Gasteiger partial charge in [0.25, 0.3) is 0 Å². The summed E-state index contributed by atoms with van der Waals surface area (Å²) < 4.78 is 11.2. The van der Waals surface area contributed by atoms with Gasteiger partial charge in [-0.3, -0.25) is 4.79 Å². The number of carbonyl (C=O) groups is 1. The van der Waals surface area contributed by atoms with E-state index in [0.29, 0.717) is 13.0 Å². The number of ether oxygens (including phenoxy) is 2. The van der Waals surface area contributed by atoms with Gasteiger partial charge in [-0.05, 0) is 32.0 Å². The van der Waals surface area contributed by atoms with Gasteiger partial charge in [0, 0.05) is 30.5 Å². The molecule has 1 heterocycles. The zero-order chi connectivity index (χ0) is 14.5. The van der Waals surface area contributed by atoms with Gasteiger partial charge in [0.1, 0.15) is 17.6 Å². The second kappa shape index (κ2) is 6.61. The summed E-state index contributed by atoms with van der Waals surface area (Å²) in [7, 11) is 1.68. The first-order valence-corrected chi connectivity index (χ1v) is 6.95. The summed E-state index contributed by atoms with van der Waals surface area (Å²) in [5.74, 6) is 1.57. The lowest BCUT2D eigenvalue weighted by molar-refractivity contribution is -0.118. The summed E-state index contributed by atoms with van der Waals surface area (Å²) >= 11 is 0. The first kappa shape index (κ1) is 14.7. The molecule has 1 aromatic carbocycles. The minimum Gasteiger partial charge on any atom is -0.496 e. The number of rotatable bonds is 7. The number of carbonyl (C=O) groups excluding carboxylic acids is 1. The van der Waals surface area contributed by atoms with Crippen molar-refractivity contribution in [3.8, 4) is 11.5 Å². The predicted octanol–water partition coefficient (Wildman–Crippen LogP) is 1.37. The van der Waals surface area contributed by atoms with Crippen LogP contribution in [0, 0.1) is 0 Å². The van der Waals surface area contributed by atoms with E-state index in [0.717, 1.165) is 36.4 Å². The number of nitrogens with one attached hydrogen (secondary N) is 1. The normalized spacial score (nSPS) is 16.6. The highest BCUT2D eigenvalue weighted by Crippen LogP contribution is 2.34.